The van der Waals surface area contributed by atoms with Crippen molar-refractivity contribution in [3.63, 3.8) is 0 Å². The van der Waals surface area contributed by atoms with Gasteiger partial charge in [0.1, 0.15) is 21.9 Å². The van der Waals surface area contributed by atoms with Crippen LogP contribution in [0.15, 0.2) is 70.3 Å². The van der Waals surface area contributed by atoms with Gasteiger partial charge in [0.2, 0.25) is 11.2 Å². The zero-order valence-electron chi connectivity index (χ0n) is 19.0. The molecule has 0 amide bonds. The van der Waals surface area contributed by atoms with E-state index in [1.54, 1.807) is 24.3 Å². The maximum atomic E-state index is 13.9. The van der Waals surface area contributed by atoms with Crippen LogP contribution in [-0.2, 0) is 0 Å². The molecule has 0 radical (unpaired) electrons. The molecule has 0 bridgehead atoms. The molecule has 0 atom stereocenters. The normalized spacial score (nSPS) is 11.1. The standard InChI is InChI=1S/C26H19FN2O5S/c1-32-18-12-14(13-19(33-2)23(18)34-3)24-28-25-21(22(30)17-6-4-5-7-20(17)35-25)26(31)29(24)16-10-8-15(27)9-11-16/h4-13H,1-3H3. The fourth-order valence-corrected chi connectivity index (χ4v) is 5.03. The lowest BCUT2D eigenvalue weighted by molar-refractivity contribution is 0.324. The van der Waals surface area contributed by atoms with E-state index in [0.29, 0.717) is 43.4 Å². The minimum atomic E-state index is -0.558. The Morgan fingerprint density at radius 3 is 2.17 bits per heavy atom. The Bertz CT molecular complexity index is 1690. The van der Waals surface area contributed by atoms with Crippen molar-refractivity contribution >= 4 is 31.6 Å². The molecule has 7 nitrogen and oxygen atoms in total. The highest BCUT2D eigenvalue weighted by Crippen LogP contribution is 2.41. The highest BCUT2D eigenvalue weighted by molar-refractivity contribution is 7.24. The molecule has 0 saturated heterocycles. The number of fused-ring (bicyclic) bond motifs is 2. The second kappa shape index (κ2) is 8.84. The van der Waals surface area contributed by atoms with Gasteiger partial charge in [0, 0.05) is 15.6 Å². The van der Waals surface area contributed by atoms with E-state index in [2.05, 4.69) is 0 Å². The number of benzene rings is 3. The average molecular weight is 491 g/mol. The van der Waals surface area contributed by atoms with Crippen molar-refractivity contribution in [2.45, 2.75) is 0 Å². The van der Waals surface area contributed by atoms with Crippen molar-refractivity contribution in [2.24, 2.45) is 0 Å². The van der Waals surface area contributed by atoms with E-state index in [0.717, 1.165) is 0 Å². The number of aromatic nitrogens is 2. The van der Waals surface area contributed by atoms with Crippen molar-refractivity contribution < 1.29 is 18.6 Å². The zero-order chi connectivity index (χ0) is 24.7. The lowest BCUT2D eigenvalue weighted by Crippen LogP contribution is -2.26. The SMILES string of the molecule is COc1cc(-c2nc3sc4ccccc4c(=O)c3c(=O)n2-c2ccc(F)cc2)cc(OC)c1OC. The summed E-state index contributed by atoms with van der Waals surface area (Å²) in [5.41, 5.74) is -0.126. The van der Waals surface area contributed by atoms with Crippen LogP contribution >= 0.6 is 11.3 Å². The third-order valence-corrected chi connectivity index (χ3v) is 6.69. The first kappa shape index (κ1) is 22.5. The molecule has 0 aliphatic rings. The summed E-state index contributed by atoms with van der Waals surface area (Å²) in [4.78, 5) is 32.2. The van der Waals surface area contributed by atoms with Gasteiger partial charge in [-0.25, -0.2) is 9.37 Å². The second-order valence-corrected chi connectivity index (χ2v) is 8.60. The first-order valence-electron chi connectivity index (χ1n) is 10.5. The molecule has 0 spiro atoms. The van der Waals surface area contributed by atoms with E-state index in [1.807, 2.05) is 12.1 Å². The molecule has 0 aliphatic carbocycles. The van der Waals surface area contributed by atoms with Crippen LogP contribution in [0.2, 0.25) is 0 Å². The molecule has 9 heteroatoms. The molecule has 0 unspecified atom stereocenters. The van der Waals surface area contributed by atoms with E-state index in [4.69, 9.17) is 19.2 Å². The van der Waals surface area contributed by atoms with Crippen molar-refractivity contribution in [2.75, 3.05) is 21.3 Å². The molecule has 2 aromatic heterocycles. The Balaban J connectivity index is 1.94. The van der Waals surface area contributed by atoms with Crippen LogP contribution in [0.4, 0.5) is 4.39 Å². The van der Waals surface area contributed by atoms with Crippen molar-refractivity contribution in [3.8, 4) is 34.3 Å². The highest BCUT2D eigenvalue weighted by Gasteiger charge is 2.22. The van der Waals surface area contributed by atoms with Crippen LogP contribution in [0.1, 0.15) is 0 Å². The Kier molecular flexibility index (Phi) is 5.70. The number of rotatable bonds is 5. The van der Waals surface area contributed by atoms with Crippen molar-refractivity contribution in [3.05, 3.63) is 87.1 Å². The number of hydrogen-bond acceptors (Lipinski definition) is 7. The minimum Gasteiger partial charge on any atom is -0.493 e. The van der Waals surface area contributed by atoms with E-state index < -0.39 is 16.8 Å². The monoisotopic (exact) mass is 490 g/mol. The minimum absolute atomic E-state index is 0.0331. The zero-order valence-corrected chi connectivity index (χ0v) is 19.8. The molecule has 3 aromatic carbocycles. The smallest absolute Gasteiger partial charge is 0.271 e. The molecule has 35 heavy (non-hydrogen) atoms. The predicted octanol–water partition coefficient (Wildman–Crippen LogP) is 4.79. The van der Waals surface area contributed by atoms with E-state index >= 15 is 0 Å². The number of methoxy groups -OCH3 is 3. The molecule has 0 aliphatic heterocycles. The van der Waals surface area contributed by atoms with Gasteiger partial charge in [0.05, 0.1) is 27.0 Å². The molecule has 5 aromatic rings. The summed E-state index contributed by atoms with van der Waals surface area (Å²) in [6.45, 7) is 0. The summed E-state index contributed by atoms with van der Waals surface area (Å²) in [5, 5.41) is 0.407. The highest BCUT2D eigenvalue weighted by atomic mass is 32.1. The van der Waals surface area contributed by atoms with Gasteiger partial charge in [-0.3, -0.25) is 14.2 Å². The summed E-state index contributed by atoms with van der Waals surface area (Å²) in [6, 6.07) is 15.8. The number of nitrogens with zero attached hydrogens (tertiary/aromatic N) is 2. The average Bonchev–Trinajstić information content (AvgIpc) is 2.88. The summed E-state index contributed by atoms with van der Waals surface area (Å²) >= 11 is 1.25. The van der Waals surface area contributed by atoms with Crippen LogP contribution in [0, 0.1) is 5.82 Å². The van der Waals surface area contributed by atoms with Crippen LogP contribution in [0.3, 0.4) is 0 Å². The Morgan fingerprint density at radius 2 is 1.54 bits per heavy atom. The molecule has 0 N–H and O–H groups in total. The number of ether oxygens (including phenoxy) is 3. The summed E-state index contributed by atoms with van der Waals surface area (Å²) in [6.07, 6.45) is 0. The maximum absolute atomic E-state index is 13.9. The van der Waals surface area contributed by atoms with E-state index in [1.165, 1.54) is 61.5 Å². The van der Waals surface area contributed by atoms with Crippen molar-refractivity contribution in [1.82, 2.24) is 9.55 Å². The quantitative estimate of drug-likeness (QED) is 0.330. The summed E-state index contributed by atoms with van der Waals surface area (Å²) in [7, 11) is 4.46. The van der Waals surface area contributed by atoms with Gasteiger partial charge >= 0.3 is 0 Å². The van der Waals surface area contributed by atoms with Crippen LogP contribution in [-0.4, -0.2) is 30.9 Å². The topological polar surface area (TPSA) is 79.7 Å². The first-order valence-corrected chi connectivity index (χ1v) is 11.3. The molecule has 0 fully saturated rings. The van der Waals surface area contributed by atoms with Gasteiger partial charge in [-0.05, 0) is 48.5 Å². The van der Waals surface area contributed by atoms with Gasteiger partial charge in [-0.15, -0.1) is 11.3 Å². The summed E-state index contributed by atoms with van der Waals surface area (Å²) in [5.74, 6) is 0.898. The van der Waals surface area contributed by atoms with Gasteiger partial charge in [-0.2, -0.15) is 0 Å². The number of halogens is 1. The largest absolute Gasteiger partial charge is 0.493 e. The van der Waals surface area contributed by atoms with E-state index in [9.17, 15) is 14.0 Å². The fraction of sp³-hybridized carbons (Fsp3) is 0.115. The van der Waals surface area contributed by atoms with Crippen LogP contribution in [0.5, 0.6) is 17.2 Å². The van der Waals surface area contributed by atoms with Gasteiger partial charge < -0.3 is 14.2 Å². The van der Waals surface area contributed by atoms with Crippen molar-refractivity contribution in [1.29, 1.82) is 0 Å². The van der Waals surface area contributed by atoms with Gasteiger partial charge in [0.25, 0.3) is 5.56 Å². The third-order valence-electron chi connectivity index (χ3n) is 5.62. The Labute approximate surface area is 202 Å². The van der Waals surface area contributed by atoms with E-state index in [-0.39, 0.29) is 11.2 Å². The predicted molar refractivity (Wildman–Crippen MR) is 134 cm³/mol. The van der Waals surface area contributed by atoms with Gasteiger partial charge in [0.15, 0.2) is 11.5 Å². The summed E-state index contributed by atoms with van der Waals surface area (Å²) < 4.78 is 32.1. The Hall–Kier alpha value is -4.24. The molecular weight excluding hydrogens is 471 g/mol. The van der Waals surface area contributed by atoms with Crippen LogP contribution in [0.25, 0.3) is 37.4 Å². The lowest BCUT2D eigenvalue weighted by Gasteiger charge is -2.17. The van der Waals surface area contributed by atoms with Gasteiger partial charge in [-0.1, -0.05) is 12.1 Å². The third kappa shape index (κ3) is 3.70. The maximum Gasteiger partial charge on any atom is 0.271 e. The first-order chi connectivity index (χ1) is 17.0. The molecular formula is C26H19FN2O5S. The molecule has 176 valence electrons. The lowest BCUT2D eigenvalue weighted by atomic mass is 10.1. The Morgan fingerprint density at radius 1 is 0.886 bits per heavy atom. The van der Waals surface area contributed by atoms with Crippen LogP contribution < -0.4 is 25.2 Å². The fourth-order valence-electron chi connectivity index (χ4n) is 3.99. The molecule has 5 rings (SSSR count). The number of hydrogen-bond donors (Lipinski definition) is 0. The molecule has 0 saturated carbocycles. The second-order valence-electron chi connectivity index (χ2n) is 7.57. The molecule has 2 heterocycles.